The van der Waals surface area contributed by atoms with Crippen molar-refractivity contribution in [1.82, 2.24) is 10.3 Å². The molecule has 5 heteroatoms. The second-order valence-corrected chi connectivity index (χ2v) is 7.75. The van der Waals surface area contributed by atoms with E-state index in [-0.39, 0.29) is 5.78 Å². The summed E-state index contributed by atoms with van der Waals surface area (Å²) in [6.45, 7) is 3.74. The fraction of sp³-hybridized carbons (Fsp3) is 0.227. The van der Waals surface area contributed by atoms with E-state index in [1.54, 1.807) is 0 Å². The summed E-state index contributed by atoms with van der Waals surface area (Å²) in [7, 11) is 0. The van der Waals surface area contributed by atoms with Crippen molar-refractivity contribution in [2.24, 2.45) is 0 Å². The average Bonchev–Trinajstić information content (AvgIpc) is 3.14. The third-order valence-electron chi connectivity index (χ3n) is 4.98. The van der Waals surface area contributed by atoms with Gasteiger partial charge in [-0.15, -0.1) is 11.3 Å². The first-order chi connectivity index (χ1) is 13.2. The molecule has 2 heterocycles. The van der Waals surface area contributed by atoms with Crippen LogP contribution in [0, 0.1) is 18.3 Å². The number of fused-ring (bicyclic) bond motifs is 1. The fourth-order valence-corrected chi connectivity index (χ4v) is 4.49. The first-order valence-electron chi connectivity index (χ1n) is 8.98. The Morgan fingerprint density at radius 1 is 1.22 bits per heavy atom. The maximum absolute atomic E-state index is 12.8. The van der Waals surface area contributed by atoms with Crippen molar-refractivity contribution in [1.29, 1.82) is 5.26 Å². The summed E-state index contributed by atoms with van der Waals surface area (Å²) in [4.78, 5) is 18.6. The van der Waals surface area contributed by atoms with E-state index in [1.807, 2.05) is 49.4 Å². The quantitative estimate of drug-likeness (QED) is 0.701. The molecular weight excluding hydrogens is 354 g/mol. The van der Waals surface area contributed by atoms with Gasteiger partial charge < -0.3 is 5.32 Å². The molecule has 0 bridgehead atoms. The number of ketones is 1. The maximum atomic E-state index is 12.8. The van der Waals surface area contributed by atoms with E-state index in [0.717, 1.165) is 47.5 Å². The number of rotatable bonds is 4. The number of nitriles is 1. The van der Waals surface area contributed by atoms with E-state index >= 15 is 0 Å². The number of Topliss-reactive ketones (excluding diaryl/α,β-unsaturated/α-hetero) is 1. The molecule has 1 aromatic heterocycles. The molecule has 134 valence electrons. The van der Waals surface area contributed by atoms with Crippen LogP contribution < -0.4 is 5.32 Å². The molecule has 4 nitrogen and oxygen atoms in total. The summed E-state index contributed by atoms with van der Waals surface area (Å²) < 4.78 is 0. The predicted molar refractivity (Wildman–Crippen MR) is 107 cm³/mol. The van der Waals surface area contributed by atoms with Gasteiger partial charge in [0.15, 0.2) is 10.8 Å². The molecule has 0 fully saturated rings. The number of hydrogen-bond donors (Lipinski definition) is 1. The number of nitrogens with zero attached hydrogens (tertiary/aromatic N) is 2. The topological polar surface area (TPSA) is 65.8 Å². The lowest BCUT2D eigenvalue weighted by molar-refractivity contribution is 0.0992. The second kappa shape index (κ2) is 7.43. The zero-order chi connectivity index (χ0) is 18.8. The van der Waals surface area contributed by atoms with Crippen LogP contribution in [0.4, 0.5) is 0 Å². The summed E-state index contributed by atoms with van der Waals surface area (Å²) in [6, 6.07) is 15.8. The first kappa shape index (κ1) is 17.6. The third-order valence-corrected chi connectivity index (χ3v) is 6.11. The monoisotopic (exact) mass is 373 g/mol. The molecule has 1 aliphatic rings. The van der Waals surface area contributed by atoms with Crippen LogP contribution in [0.25, 0.3) is 11.1 Å². The second-order valence-electron chi connectivity index (χ2n) is 6.66. The van der Waals surface area contributed by atoms with Crippen molar-refractivity contribution in [3.63, 3.8) is 0 Å². The van der Waals surface area contributed by atoms with Crippen molar-refractivity contribution in [2.75, 3.05) is 6.54 Å². The van der Waals surface area contributed by atoms with E-state index in [2.05, 4.69) is 16.4 Å². The molecule has 1 aliphatic heterocycles. The molecule has 0 radical (unpaired) electrons. The third kappa shape index (κ3) is 3.42. The number of carbonyl (C=O) groups excluding carboxylic acids is 1. The highest BCUT2D eigenvalue weighted by atomic mass is 32.1. The largest absolute Gasteiger partial charge is 0.311 e. The highest BCUT2D eigenvalue weighted by molar-refractivity contribution is 7.13. The number of aromatic nitrogens is 1. The average molecular weight is 373 g/mol. The van der Waals surface area contributed by atoms with Crippen LogP contribution in [0.2, 0.25) is 0 Å². The van der Waals surface area contributed by atoms with Gasteiger partial charge in [-0.1, -0.05) is 36.4 Å². The number of thiazole rings is 1. The molecule has 0 amide bonds. The number of hydrogen-bond acceptors (Lipinski definition) is 5. The van der Waals surface area contributed by atoms with Crippen LogP contribution >= 0.6 is 11.3 Å². The predicted octanol–water partition coefficient (Wildman–Crippen LogP) is 4.06. The van der Waals surface area contributed by atoms with E-state index < -0.39 is 0 Å². The van der Waals surface area contributed by atoms with Gasteiger partial charge in [-0.3, -0.25) is 4.79 Å². The zero-order valence-electron chi connectivity index (χ0n) is 15.1. The molecule has 1 N–H and O–H groups in total. The molecule has 4 rings (SSSR count). The van der Waals surface area contributed by atoms with Gasteiger partial charge in [0.1, 0.15) is 0 Å². The maximum Gasteiger partial charge on any atom is 0.195 e. The molecule has 0 saturated heterocycles. The van der Waals surface area contributed by atoms with Crippen LogP contribution in [-0.2, 0) is 19.4 Å². The Labute approximate surface area is 162 Å². The molecule has 0 spiro atoms. The van der Waals surface area contributed by atoms with Gasteiger partial charge in [-0.25, -0.2) is 4.98 Å². The van der Waals surface area contributed by atoms with Crippen molar-refractivity contribution in [3.05, 3.63) is 74.7 Å². The molecule has 3 aromatic rings. The van der Waals surface area contributed by atoms with Gasteiger partial charge in [0.05, 0.1) is 17.3 Å². The van der Waals surface area contributed by atoms with Gasteiger partial charge in [-0.2, -0.15) is 5.26 Å². The minimum atomic E-state index is 0.0585. The smallest absolute Gasteiger partial charge is 0.195 e. The van der Waals surface area contributed by atoms with E-state index in [1.165, 1.54) is 16.2 Å². The molecule has 0 saturated carbocycles. The van der Waals surface area contributed by atoms with Crippen LogP contribution in [0.1, 0.15) is 37.1 Å². The van der Waals surface area contributed by atoms with Crippen molar-refractivity contribution >= 4 is 17.1 Å². The van der Waals surface area contributed by atoms with E-state index in [9.17, 15) is 10.1 Å². The van der Waals surface area contributed by atoms with Crippen LogP contribution in [0.5, 0.6) is 0 Å². The lowest BCUT2D eigenvalue weighted by Crippen LogP contribution is -2.22. The molecular formula is C22H19N3OS. The lowest BCUT2D eigenvalue weighted by atomic mass is 9.92. The van der Waals surface area contributed by atoms with Gasteiger partial charge in [0.2, 0.25) is 0 Å². The van der Waals surface area contributed by atoms with E-state index in [4.69, 9.17) is 0 Å². The van der Waals surface area contributed by atoms with Crippen molar-refractivity contribution in [2.45, 2.75) is 26.3 Å². The Morgan fingerprint density at radius 2 is 2.04 bits per heavy atom. The Kier molecular flexibility index (Phi) is 4.85. The van der Waals surface area contributed by atoms with Crippen LogP contribution in [0.15, 0.2) is 42.5 Å². The van der Waals surface area contributed by atoms with Crippen LogP contribution in [0.3, 0.4) is 0 Å². The number of benzene rings is 2. The summed E-state index contributed by atoms with van der Waals surface area (Å²) in [5, 5.41) is 13.3. The number of nitrogens with one attached hydrogen (secondary N) is 1. The summed E-state index contributed by atoms with van der Waals surface area (Å²) in [6.07, 6.45) is 1.22. The summed E-state index contributed by atoms with van der Waals surface area (Å²) >= 11 is 1.51. The SMILES string of the molecule is Cc1c(CC(=O)c2nc3c(s2)CNCC3)cccc1-c1ccccc1C#N. The van der Waals surface area contributed by atoms with Gasteiger partial charge in [-0.05, 0) is 35.2 Å². The molecule has 27 heavy (non-hydrogen) atoms. The molecule has 0 unspecified atom stereocenters. The summed E-state index contributed by atoms with van der Waals surface area (Å²) in [5.41, 5.74) is 5.63. The molecule has 0 aliphatic carbocycles. The highest BCUT2D eigenvalue weighted by Gasteiger charge is 2.20. The Bertz CT molecular complexity index is 1040. The molecule has 2 aromatic carbocycles. The standard InChI is InChI=1S/C22H19N3OS/c1-14-15(6-4-8-17(14)18-7-3-2-5-16(18)12-23)11-20(26)22-25-19-9-10-24-13-21(19)27-22/h2-8,24H,9-11,13H2,1H3. The zero-order valence-corrected chi connectivity index (χ0v) is 15.9. The number of carbonyl (C=O) groups is 1. The normalized spacial score (nSPS) is 13.0. The Morgan fingerprint density at radius 3 is 2.85 bits per heavy atom. The van der Waals surface area contributed by atoms with Gasteiger partial charge >= 0.3 is 0 Å². The van der Waals surface area contributed by atoms with Crippen LogP contribution in [-0.4, -0.2) is 17.3 Å². The van der Waals surface area contributed by atoms with Crippen molar-refractivity contribution in [3.8, 4) is 17.2 Å². The summed E-state index contributed by atoms with van der Waals surface area (Å²) in [5.74, 6) is 0.0585. The van der Waals surface area contributed by atoms with E-state index in [0.29, 0.717) is 17.0 Å². The lowest BCUT2D eigenvalue weighted by Gasteiger charge is -2.12. The molecule has 0 atom stereocenters. The Balaban J connectivity index is 1.64. The van der Waals surface area contributed by atoms with Crippen molar-refractivity contribution < 1.29 is 4.79 Å². The minimum absolute atomic E-state index is 0.0585. The van der Waals surface area contributed by atoms with Gasteiger partial charge in [0, 0.05) is 30.8 Å². The highest BCUT2D eigenvalue weighted by Crippen LogP contribution is 2.29. The van der Waals surface area contributed by atoms with Gasteiger partial charge in [0.25, 0.3) is 0 Å². The first-order valence-corrected chi connectivity index (χ1v) is 9.79. The fourth-order valence-electron chi connectivity index (χ4n) is 3.48. The minimum Gasteiger partial charge on any atom is -0.311 e. The Hall–Kier alpha value is -2.81.